The first kappa shape index (κ1) is 11.7. The van der Waals surface area contributed by atoms with Crippen LogP contribution in [-0.4, -0.2) is 16.1 Å². The van der Waals surface area contributed by atoms with E-state index in [1.54, 1.807) is 0 Å². The van der Waals surface area contributed by atoms with Crippen LogP contribution in [0.1, 0.15) is 0 Å². The quantitative estimate of drug-likeness (QED) is 0.604. The molecule has 0 saturated carbocycles. The van der Waals surface area contributed by atoms with E-state index in [9.17, 15) is 0 Å². The Kier molecular flexibility index (Phi) is 3.48. The lowest BCUT2D eigenvalue weighted by Gasteiger charge is -2.31. The Labute approximate surface area is 78.7 Å². The zero-order valence-electron chi connectivity index (χ0n) is 8.78. The van der Waals surface area contributed by atoms with Gasteiger partial charge < -0.3 is 0 Å². The molecule has 0 atom stereocenters. The summed E-state index contributed by atoms with van der Waals surface area (Å²) in [5.41, 5.74) is 4.21. The van der Waals surface area contributed by atoms with Gasteiger partial charge in [0.1, 0.15) is 0 Å². The highest BCUT2D eigenvalue weighted by molar-refractivity contribution is 7.09. The Morgan fingerprint density at radius 1 is 0.917 bits per heavy atom. The molecule has 0 bridgehead atoms. The van der Waals surface area contributed by atoms with Crippen LogP contribution in [0.4, 0.5) is 0 Å². The summed E-state index contributed by atoms with van der Waals surface area (Å²) in [5, 5.41) is 0. The fraction of sp³-hybridized carbons (Fsp3) is 0.400. The molecule has 0 aromatic carbocycles. The van der Waals surface area contributed by atoms with Crippen LogP contribution in [0.15, 0.2) is 36.0 Å². The molecule has 0 unspecified atom stereocenters. The van der Waals surface area contributed by atoms with Crippen molar-refractivity contribution in [2.75, 3.05) is 0 Å². The number of hydrogen-bond donors (Lipinski definition) is 0. The van der Waals surface area contributed by atoms with Crippen molar-refractivity contribution in [3.8, 4) is 0 Å². The van der Waals surface area contributed by atoms with Crippen LogP contribution in [0, 0.1) is 0 Å². The summed E-state index contributed by atoms with van der Waals surface area (Å²) in [5.74, 6) is 0. The van der Waals surface area contributed by atoms with Gasteiger partial charge in [0.25, 0.3) is 0 Å². The van der Waals surface area contributed by atoms with Gasteiger partial charge in [0, 0.05) is 0 Å². The van der Waals surface area contributed by atoms with E-state index in [4.69, 9.17) is 0 Å². The zero-order chi connectivity index (χ0) is 9.99. The van der Waals surface area contributed by atoms with E-state index in [2.05, 4.69) is 57.3 Å². The molecule has 0 aromatic heterocycles. The zero-order valence-corrected chi connectivity index (χ0v) is 10.8. The van der Waals surface area contributed by atoms with Gasteiger partial charge in [-0.25, -0.2) is 0 Å². The first-order valence-corrected chi connectivity index (χ1v) is 10.4. The molecule has 0 rings (SSSR count). The van der Waals surface area contributed by atoms with Gasteiger partial charge in [-0.3, -0.25) is 0 Å². The molecule has 0 spiro atoms. The fourth-order valence-corrected chi connectivity index (χ4v) is 8.82. The third kappa shape index (κ3) is 2.32. The first-order valence-electron chi connectivity index (χ1n) is 4.25. The van der Waals surface area contributed by atoms with Crippen LogP contribution in [0.2, 0.25) is 26.2 Å². The Balaban J connectivity index is 4.83. The molecule has 0 aliphatic rings. The van der Waals surface area contributed by atoms with Crippen molar-refractivity contribution < 1.29 is 0 Å². The van der Waals surface area contributed by atoms with E-state index in [1.165, 1.54) is 4.82 Å². The standard InChI is InChI=1S/C10H20Si2/c1-8-11(4,5)10(3)12(6,7)9-2/h8-9H,1-3H2,4-7H3. The molecule has 0 nitrogen and oxygen atoms in total. The van der Waals surface area contributed by atoms with Gasteiger partial charge in [0.05, 0.1) is 16.1 Å². The van der Waals surface area contributed by atoms with E-state index in [0.717, 1.165) is 0 Å². The highest BCUT2D eigenvalue weighted by Crippen LogP contribution is 2.24. The van der Waals surface area contributed by atoms with Crippen molar-refractivity contribution >= 4 is 16.1 Å². The molecule has 0 saturated heterocycles. The third-order valence-electron chi connectivity index (χ3n) is 2.58. The van der Waals surface area contributed by atoms with Crippen molar-refractivity contribution in [2.45, 2.75) is 26.2 Å². The summed E-state index contributed by atoms with van der Waals surface area (Å²) >= 11 is 0. The smallest absolute Gasteiger partial charge is 0.0939 e. The highest BCUT2D eigenvalue weighted by atomic mass is 28.4. The van der Waals surface area contributed by atoms with Crippen molar-refractivity contribution in [1.82, 2.24) is 0 Å². The van der Waals surface area contributed by atoms with Crippen LogP contribution in [-0.2, 0) is 0 Å². The minimum atomic E-state index is -1.38. The van der Waals surface area contributed by atoms with E-state index in [1.807, 2.05) is 0 Å². The average molecular weight is 196 g/mol. The molecule has 0 aromatic rings. The van der Waals surface area contributed by atoms with Crippen molar-refractivity contribution in [1.29, 1.82) is 0 Å². The van der Waals surface area contributed by atoms with Crippen LogP contribution in [0.3, 0.4) is 0 Å². The van der Waals surface area contributed by atoms with Gasteiger partial charge in [0.15, 0.2) is 0 Å². The molecule has 0 heterocycles. The molecule has 0 radical (unpaired) electrons. The lowest BCUT2D eigenvalue weighted by atomic mass is 11.2. The predicted molar refractivity (Wildman–Crippen MR) is 64.5 cm³/mol. The van der Waals surface area contributed by atoms with Gasteiger partial charge in [-0.05, 0) is 0 Å². The first-order chi connectivity index (χ1) is 5.28. The molecule has 0 amide bonds. The van der Waals surface area contributed by atoms with Gasteiger partial charge in [-0.1, -0.05) is 42.4 Å². The highest BCUT2D eigenvalue weighted by Gasteiger charge is 2.31. The largest absolute Gasteiger partial charge is 0.107 e. The topological polar surface area (TPSA) is 0 Å². The Morgan fingerprint density at radius 3 is 1.33 bits per heavy atom. The van der Waals surface area contributed by atoms with Crippen molar-refractivity contribution in [2.24, 2.45) is 0 Å². The minimum absolute atomic E-state index is 1.38. The molecule has 0 aliphatic carbocycles. The van der Waals surface area contributed by atoms with Crippen molar-refractivity contribution in [3.05, 3.63) is 36.0 Å². The van der Waals surface area contributed by atoms with Gasteiger partial charge in [-0.15, -0.1) is 19.7 Å². The predicted octanol–water partition coefficient (Wildman–Crippen LogP) is 3.49. The lowest BCUT2D eigenvalue weighted by molar-refractivity contribution is 1.72. The molecule has 2 heteroatoms. The Bertz CT molecular complexity index is 190. The summed E-state index contributed by atoms with van der Waals surface area (Å²) in [6.45, 7) is 21.2. The van der Waals surface area contributed by atoms with Crippen LogP contribution in [0.5, 0.6) is 0 Å². The van der Waals surface area contributed by atoms with Gasteiger partial charge in [-0.2, -0.15) is 0 Å². The summed E-state index contributed by atoms with van der Waals surface area (Å²) in [6, 6.07) is 0. The third-order valence-corrected chi connectivity index (χ3v) is 11.6. The molecule has 68 valence electrons. The van der Waals surface area contributed by atoms with E-state index < -0.39 is 16.1 Å². The number of hydrogen-bond acceptors (Lipinski definition) is 0. The van der Waals surface area contributed by atoms with E-state index in [0.29, 0.717) is 0 Å². The summed E-state index contributed by atoms with van der Waals surface area (Å²) in [6.07, 6.45) is 0. The number of rotatable bonds is 4. The average Bonchev–Trinajstić information content (AvgIpc) is 2.03. The second kappa shape index (κ2) is 3.58. The van der Waals surface area contributed by atoms with E-state index >= 15 is 0 Å². The SMILES string of the molecule is C=C[Si](C)(C)C(=C)[Si](C)(C)C=C. The summed E-state index contributed by atoms with van der Waals surface area (Å²) in [4.78, 5) is 1.43. The van der Waals surface area contributed by atoms with Crippen LogP contribution >= 0.6 is 0 Å². The second-order valence-corrected chi connectivity index (χ2v) is 13.7. The van der Waals surface area contributed by atoms with Crippen LogP contribution < -0.4 is 0 Å². The van der Waals surface area contributed by atoms with Crippen molar-refractivity contribution in [3.63, 3.8) is 0 Å². The van der Waals surface area contributed by atoms with E-state index in [-0.39, 0.29) is 0 Å². The molecular formula is C10H20Si2. The molecule has 12 heavy (non-hydrogen) atoms. The molecule has 0 N–H and O–H groups in total. The Morgan fingerprint density at radius 2 is 1.17 bits per heavy atom. The monoisotopic (exact) mass is 196 g/mol. The fourth-order valence-electron chi connectivity index (χ4n) is 1.08. The maximum absolute atomic E-state index is 4.22. The maximum atomic E-state index is 4.22. The normalized spacial score (nSPS) is 12.3. The Hall–Kier alpha value is -0.346. The molecular weight excluding hydrogens is 176 g/mol. The van der Waals surface area contributed by atoms with Crippen LogP contribution in [0.25, 0.3) is 0 Å². The summed E-state index contributed by atoms with van der Waals surface area (Å²) < 4.78 is 0. The lowest BCUT2D eigenvalue weighted by Crippen LogP contribution is -2.41. The molecule has 0 fully saturated rings. The van der Waals surface area contributed by atoms with Gasteiger partial charge in [0.2, 0.25) is 0 Å². The second-order valence-electron chi connectivity index (χ2n) is 4.33. The van der Waals surface area contributed by atoms with Gasteiger partial charge >= 0.3 is 0 Å². The minimum Gasteiger partial charge on any atom is -0.107 e. The molecule has 0 aliphatic heterocycles. The summed E-state index contributed by atoms with van der Waals surface area (Å²) in [7, 11) is -2.75. The maximum Gasteiger partial charge on any atom is 0.0939 e.